The summed E-state index contributed by atoms with van der Waals surface area (Å²) in [4.78, 5) is 26.7. The van der Waals surface area contributed by atoms with Crippen molar-refractivity contribution in [2.45, 2.75) is 5.16 Å². The number of esters is 1. The molecule has 2 aromatic rings. The van der Waals surface area contributed by atoms with Crippen LogP contribution in [0.15, 0.2) is 41.8 Å². The number of nitrogens with one attached hydrogen (secondary N) is 1. The van der Waals surface area contributed by atoms with Gasteiger partial charge in [0.1, 0.15) is 6.61 Å². The number of hydrogen-bond acceptors (Lipinski definition) is 7. The fourth-order valence-electron chi connectivity index (χ4n) is 2.23. The third-order valence-corrected chi connectivity index (χ3v) is 4.69. The number of aromatic nitrogens is 3. The summed E-state index contributed by atoms with van der Waals surface area (Å²) < 4.78 is 5.23. The fraction of sp³-hybridized carbons (Fsp3) is 0.312. The van der Waals surface area contributed by atoms with Crippen LogP contribution in [0.4, 0.5) is 0 Å². The van der Waals surface area contributed by atoms with Crippen LogP contribution in [-0.4, -0.2) is 62.9 Å². The third-order valence-electron chi connectivity index (χ3n) is 3.45. The number of ether oxygens (including phenoxy) is 1. The molecule has 7 nitrogen and oxygen atoms in total. The van der Waals surface area contributed by atoms with E-state index in [0.29, 0.717) is 23.4 Å². The van der Waals surface area contributed by atoms with Gasteiger partial charge in [0.15, 0.2) is 10.3 Å². The maximum Gasteiger partial charge on any atom is 0.316 e. The summed E-state index contributed by atoms with van der Waals surface area (Å²) in [5.74, 6) is -0.135. The normalized spacial score (nSPS) is 13.6. The molecule has 0 radical (unpaired) electrons. The Kier molecular flexibility index (Phi) is 6.13. The highest BCUT2D eigenvalue weighted by atomic mass is 32.2. The molecule has 2 aromatic heterocycles. The lowest BCUT2D eigenvalue weighted by Crippen LogP contribution is -2.31. The van der Waals surface area contributed by atoms with Crippen molar-refractivity contribution in [3.63, 3.8) is 0 Å². The Hall–Kier alpha value is -2.26. The summed E-state index contributed by atoms with van der Waals surface area (Å²) >= 11 is 6.38. The van der Waals surface area contributed by atoms with Crippen LogP contribution in [-0.2, 0) is 9.53 Å². The summed E-state index contributed by atoms with van der Waals surface area (Å²) in [6, 6.07) is 7.41. The lowest BCUT2D eigenvalue weighted by Gasteiger charge is -2.15. The monoisotopic (exact) mass is 375 g/mol. The molecule has 1 saturated heterocycles. The number of hydrogen-bond donors (Lipinski definition) is 1. The van der Waals surface area contributed by atoms with Crippen molar-refractivity contribution in [2.75, 3.05) is 32.0 Å². The first-order chi connectivity index (χ1) is 12.2. The van der Waals surface area contributed by atoms with E-state index in [4.69, 9.17) is 17.0 Å². The number of carbonyl (C=O) groups excluding carboxylic acids is 1. The number of thiocarbonyl (C=S) groups is 1. The average Bonchev–Trinajstić information content (AvgIpc) is 3.06. The Morgan fingerprint density at radius 1 is 1.28 bits per heavy atom. The lowest BCUT2D eigenvalue weighted by atomic mass is 10.3. The Bertz CT molecular complexity index is 744. The van der Waals surface area contributed by atoms with E-state index in [0.717, 1.165) is 24.5 Å². The van der Waals surface area contributed by atoms with E-state index < -0.39 is 0 Å². The van der Waals surface area contributed by atoms with Crippen molar-refractivity contribution < 1.29 is 9.53 Å². The van der Waals surface area contributed by atoms with Gasteiger partial charge in [0.25, 0.3) is 0 Å². The standard InChI is InChI=1S/C16H17N5O2S2/c22-14(23-10-9-21-8-7-19-16(21)24)11-25-15-18-6-4-13(20-15)12-3-1-2-5-17-12/h1-6H,7-11H2,(H,19,24). The first-order valence-corrected chi connectivity index (χ1v) is 9.17. The van der Waals surface area contributed by atoms with Gasteiger partial charge in [-0.05, 0) is 30.4 Å². The van der Waals surface area contributed by atoms with Gasteiger partial charge in [-0.1, -0.05) is 17.8 Å². The zero-order valence-corrected chi connectivity index (χ0v) is 15.1. The molecule has 0 amide bonds. The van der Waals surface area contributed by atoms with Gasteiger partial charge in [-0.3, -0.25) is 9.78 Å². The van der Waals surface area contributed by atoms with Gasteiger partial charge in [0.2, 0.25) is 0 Å². The topological polar surface area (TPSA) is 80.2 Å². The molecule has 0 spiro atoms. The molecule has 25 heavy (non-hydrogen) atoms. The van der Waals surface area contributed by atoms with Gasteiger partial charge in [-0.2, -0.15) is 0 Å². The van der Waals surface area contributed by atoms with Crippen molar-refractivity contribution in [1.82, 2.24) is 25.2 Å². The number of rotatable bonds is 7. The second kappa shape index (κ2) is 8.72. The second-order valence-electron chi connectivity index (χ2n) is 5.17. The van der Waals surface area contributed by atoms with Crippen LogP contribution in [0.5, 0.6) is 0 Å². The quantitative estimate of drug-likeness (QED) is 0.334. The molecule has 0 aromatic carbocycles. The van der Waals surface area contributed by atoms with Gasteiger partial charge in [-0.15, -0.1) is 0 Å². The van der Waals surface area contributed by atoms with Crippen LogP contribution in [0, 0.1) is 0 Å². The van der Waals surface area contributed by atoms with Crippen molar-refractivity contribution in [2.24, 2.45) is 0 Å². The molecule has 130 valence electrons. The van der Waals surface area contributed by atoms with Crippen molar-refractivity contribution >= 4 is 35.1 Å². The van der Waals surface area contributed by atoms with E-state index in [9.17, 15) is 4.79 Å². The number of carbonyl (C=O) groups is 1. The molecular weight excluding hydrogens is 358 g/mol. The SMILES string of the molecule is O=C(CSc1nccc(-c2ccccn2)n1)OCCN1CCNC1=S. The Morgan fingerprint density at radius 2 is 2.20 bits per heavy atom. The van der Waals surface area contributed by atoms with Crippen molar-refractivity contribution in [1.29, 1.82) is 0 Å². The summed E-state index contributed by atoms with van der Waals surface area (Å²) in [6.07, 6.45) is 3.37. The summed E-state index contributed by atoms with van der Waals surface area (Å²) in [5, 5.41) is 4.30. The third kappa shape index (κ3) is 5.10. The minimum absolute atomic E-state index is 0.161. The highest BCUT2D eigenvalue weighted by Crippen LogP contribution is 2.18. The number of thioether (sulfide) groups is 1. The first kappa shape index (κ1) is 17.6. The second-order valence-corrected chi connectivity index (χ2v) is 6.50. The molecule has 0 bridgehead atoms. The molecule has 1 aliphatic heterocycles. The van der Waals surface area contributed by atoms with Crippen LogP contribution in [0.2, 0.25) is 0 Å². The van der Waals surface area contributed by atoms with Crippen LogP contribution in [0.1, 0.15) is 0 Å². The van der Waals surface area contributed by atoms with Crippen molar-refractivity contribution in [3.05, 3.63) is 36.7 Å². The molecule has 1 N–H and O–H groups in total. The van der Waals surface area contributed by atoms with E-state index in [2.05, 4.69) is 20.3 Å². The molecule has 3 heterocycles. The fourth-order valence-corrected chi connectivity index (χ4v) is 3.14. The van der Waals surface area contributed by atoms with Gasteiger partial charge < -0.3 is 15.0 Å². The molecule has 0 aliphatic carbocycles. The van der Waals surface area contributed by atoms with E-state index in [1.807, 2.05) is 23.1 Å². The minimum Gasteiger partial charge on any atom is -0.463 e. The van der Waals surface area contributed by atoms with E-state index in [1.165, 1.54) is 11.8 Å². The van der Waals surface area contributed by atoms with Gasteiger partial charge in [0, 0.05) is 25.5 Å². The van der Waals surface area contributed by atoms with Gasteiger partial charge in [-0.25, -0.2) is 9.97 Å². The van der Waals surface area contributed by atoms with E-state index >= 15 is 0 Å². The smallest absolute Gasteiger partial charge is 0.316 e. The summed E-state index contributed by atoms with van der Waals surface area (Å²) in [6.45, 7) is 2.61. The Labute approximate surface area is 155 Å². The predicted molar refractivity (Wildman–Crippen MR) is 99.1 cm³/mol. The van der Waals surface area contributed by atoms with E-state index in [1.54, 1.807) is 18.5 Å². The van der Waals surface area contributed by atoms with Crippen LogP contribution in [0.3, 0.4) is 0 Å². The van der Waals surface area contributed by atoms with Crippen LogP contribution < -0.4 is 5.32 Å². The molecule has 0 saturated carbocycles. The van der Waals surface area contributed by atoms with Crippen molar-refractivity contribution in [3.8, 4) is 11.4 Å². The van der Waals surface area contributed by atoms with Gasteiger partial charge >= 0.3 is 5.97 Å². The van der Waals surface area contributed by atoms with Crippen LogP contribution in [0.25, 0.3) is 11.4 Å². The zero-order valence-electron chi connectivity index (χ0n) is 13.4. The Morgan fingerprint density at radius 3 is 2.96 bits per heavy atom. The maximum absolute atomic E-state index is 11.8. The van der Waals surface area contributed by atoms with Crippen LogP contribution >= 0.6 is 24.0 Å². The number of pyridine rings is 1. The highest BCUT2D eigenvalue weighted by Gasteiger charge is 2.16. The first-order valence-electron chi connectivity index (χ1n) is 7.78. The van der Waals surface area contributed by atoms with Gasteiger partial charge in [0.05, 0.1) is 23.7 Å². The molecule has 0 atom stereocenters. The largest absolute Gasteiger partial charge is 0.463 e. The highest BCUT2D eigenvalue weighted by molar-refractivity contribution is 7.99. The molecule has 0 unspecified atom stereocenters. The summed E-state index contributed by atoms with van der Waals surface area (Å²) in [5.41, 5.74) is 1.49. The van der Waals surface area contributed by atoms with E-state index in [-0.39, 0.29) is 11.7 Å². The molecule has 1 aliphatic rings. The number of nitrogens with zero attached hydrogens (tertiary/aromatic N) is 4. The molecular formula is C16H17N5O2S2. The predicted octanol–water partition coefficient (Wildman–Crippen LogP) is 1.36. The lowest BCUT2D eigenvalue weighted by molar-refractivity contribution is -0.140. The molecule has 3 rings (SSSR count). The molecule has 9 heteroatoms. The summed E-state index contributed by atoms with van der Waals surface area (Å²) in [7, 11) is 0. The Balaban J connectivity index is 1.45. The average molecular weight is 375 g/mol. The minimum atomic E-state index is -0.296. The molecule has 1 fully saturated rings. The zero-order chi connectivity index (χ0) is 17.5. The maximum atomic E-state index is 11.8.